The molecular weight excluding hydrogens is 228 g/mol. The van der Waals surface area contributed by atoms with E-state index in [1.165, 1.54) is 0 Å². The smallest absolute Gasteiger partial charge is 0.252 e. The fraction of sp³-hybridized carbons (Fsp3) is 0.538. The topological polar surface area (TPSA) is 57.3 Å². The number of amides is 1. The summed E-state index contributed by atoms with van der Waals surface area (Å²) in [5.41, 5.74) is 0.584. The van der Waals surface area contributed by atoms with Crippen LogP contribution in [0.5, 0.6) is 0 Å². The average molecular weight is 250 g/mol. The number of nitrogens with zero attached hydrogens (tertiary/aromatic N) is 2. The molecule has 1 rings (SSSR count). The Balaban J connectivity index is 2.40. The van der Waals surface area contributed by atoms with Gasteiger partial charge >= 0.3 is 0 Å². The van der Waals surface area contributed by atoms with Crippen molar-refractivity contribution >= 4 is 11.7 Å². The number of anilines is 1. The summed E-state index contributed by atoms with van der Waals surface area (Å²) in [7, 11) is 3.84. The number of aromatic nitrogens is 1. The molecule has 1 aromatic rings. The minimum Gasteiger partial charge on any atom is -0.373 e. The molecule has 2 N–H and O–H groups in total. The zero-order valence-electron chi connectivity index (χ0n) is 11.5. The van der Waals surface area contributed by atoms with Crippen molar-refractivity contribution < 1.29 is 4.79 Å². The summed E-state index contributed by atoms with van der Waals surface area (Å²) in [4.78, 5) is 18.1. The van der Waals surface area contributed by atoms with Crippen LogP contribution in [0.25, 0.3) is 0 Å². The van der Waals surface area contributed by atoms with Crippen LogP contribution in [-0.4, -0.2) is 49.0 Å². The van der Waals surface area contributed by atoms with Gasteiger partial charge in [-0.3, -0.25) is 4.79 Å². The van der Waals surface area contributed by atoms with Gasteiger partial charge in [-0.05, 0) is 33.0 Å². The molecule has 0 atom stereocenters. The van der Waals surface area contributed by atoms with Gasteiger partial charge in [-0.1, -0.05) is 0 Å². The van der Waals surface area contributed by atoms with Crippen molar-refractivity contribution in [3.63, 3.8) is 0 Å². The van der Waals surface area contributed by atoms with E-state index in [0.29, 0.717) is 18.2 Å². The Morgan fingerprint density at radius 2 is 2.17 bits per heavy atom. The third-order valence-electron chi connectivity index (χ3n) is 2.91. The van der Waals surface area contributed by atoms with Crippen LogP contribution in [0.1, 0.15) is 24.2 Å². The molecule has 18 heavy (non-hydrogen) atoms. The van der Waals surface area contributed by atoms with Gasteiger partial charge in [-0.15, -0.1) is 0 Å². The highest BCUT2D eigenvalue weighted by atomic mass is 16.1. The van der Waals surface area contributed by atoms with Crippen LogP contribution in [0.4, 0.5) is 5.82 Å². The molecule has 100 valence electrons. The predicted octanol–water partition coefficient (Wildman–Crippen LogP) is 1.19. The molecule has 0 aliphatic carbocycles. The highest BCUT2D eigenvalue weighted by Gasteiger charge is 2.07. The third kappa shape index (κ3) is 4.33. The average Bonchev–Trinajstić information content (AvgIpc) is 2.38. The van der Waals surface area contributed by atoms with Gasteiger partial charge in [0.1, 0.15) is 5.82 Å². The molecule has 0 unspecified atom stereocenters. The Hall–Kier alpha value is -1.62. The first-order valence-corrected chi connectivity index (χ1v) is 6.17. The summed E-state index contributed by atoms with van der Waals surface area (Å²) in [6.45, 7) is 5.73. The fourth-order valence-corrected chi connectivity index (χ4v) is 1.38. The van der Waals surface area contributed by atoms with Crippen LogP contribution in [0.3, 0.4) is 0 Å². The fourth-order valence-electron chi connectivity index (χ4n) is 1.38. The zero-order chi connectivity index (χ0) is 13.5. The number of nitrogens with one attached hydrogen (secondary N) is 2. The van der Waals surface area contributed by atoms with Gasteiger partial charge in [0.05, 0.1) is 5.56 Å². The van der Waals surface area contributed by atoms with E-state index in [9.17, 15) is 4.79 Å². The number of hydrogen-bond acceptors (Lipinski definition) is 4. The van der Waals surface area contributed by atoms with Crippen LogP contribution in [0, 0.1) is 0 Å². The number of likely N-dealkylation sites (N-methyl/N-ethyl adjacent to an activating group) is 1. The molecule has 0 saturated carbocycles. The second-order valence-electron chi connectivity index (χ2n) is 4.51. The van der Waals surface area contributed by atoms with Crippen molar-refractivity contribution in [2.75, 3.05) is 32.5 Å². The maximum atomic E-state index is 11.8. The van der Waals surface area contributed by atoms with Gasteiger partial charge in [0.15, 0.2) is 0 Å². The Morgan fingerprint density at radius 1 is 1.44 bits per heavy atom. The summed E-state index contributed by atoms with van der Waals surface area (Å²) in [6.07, 6.45) is 1.58. The van der Waals surface area contributed by atoms with Gasteiger partial charge in [-0.25, -0.2) is 4.98 Å². The molecule has 0 aromatic carbocycles. The van der Waals surface area contributed by atoms with Gasteiger partial charge in [0.2, 0.25) is 0 Å². The molecule has 0 fully saturated rings. The first-order valence-electron chi connectivity index (χ1n) is 6.17. The Labute approximate surface area is 109 Å². The van der Waals surface area contributed by atoms with Crippen LogP contribution < -0.4 is 10.6 Å². The summed E-state index contributed by atoms with van der Waals surface area (Å²) in [5.74, 6) is 0.674. The molecule has 1 amide bonds. The van der Waals surface area contributed by atoms with Crippen molar-refractivity contribution in [1.29, 1.82) is 0 Å². The highest BCUT2D eigenvalue weighted by molar-refractivity contribution is 5.94. The summed E-state index contributed by atoms with van der Waals surface area (Å²) in [5, 5.41) is 5.80. The standard InChI is InChI=1S/C13H22N4O/c1-10(2)17(4)8-7-15-13(18)11-5-6-12(14-3)16-9-11/h5-6,9-10H,7-8H2,1-4H3,(H,14,16)(H,15,18). The molecule has 5 heteroatoms. The number of carbonyl (C=O) groups is 1. The van der Waals surface area contributed by atoms with E-state index < -0.39 is 0 Å². The Bertz CT molecular complexity index is 375. The molecule has 0 saturated heterocycles. The molecule has 1 aromatic heterocycles. The first kappa shape index (κ1) is 14.4. The van der Waals surface area contributed by atoms with Gasteiger partial charge < -0.3 is 15.5 Å². The second-order valence-corrected chi connectivity index (χ2v) is 4.51. The van der Waals surface area contributed by atoms with E-state index in [-0.39, 0.29) is 5.91 Å². The minimum absolute atomic E-state index is 0.0812. The molecule has 1 heterocycles. The molecule has 0 bridgehead atoms. The SMILES string of the molecule is CNc1ccc(C(=O)NCCN(C)C(C)C)cn1. The lowest BCUT2D eigenvalue weighted by molar-refractivity contribution is 0.0947. The van der Waals surface area contributed by atoms with Crippen LogP contribution in [0.2, 0.25) is 0 Å². The molecule has 0 radical (unpaired) electrons. The third-order valence-corrected chi connectivity index (χ3v) is 2.91. The molecule has 0 spiro atoms. The van der Waals surface area contributed by atoms with Gasteiger partial charge in [0.25, 0.3) is 5.91 Å². The van der Waals surface area contributed by atoms with Gasteiger partial charge in [-0.2, -0.15) is 0 Å². The Morgan fingerprint density at radius 3 is 2.67 bits per heavy atom. The number of rotatable bonds is 6. The maximum Gasteiger partial charge on any atom is 0.252 e. The minimum atomic E-state index is -0.0812. The van der Waals surface area contributed by atoms with Gasteiger partial charge in [0, 0.05) is 32.4 Å². The monoisotopic (exact) mass is 250 g/mol. The van der Waals surface area contributed by atoms with Crippen molar-refractivity contribution in [3.8, 4) is 0 Å². The van der Waals surface area contributed by atoms with Crippen LogP contribution in [0.15, 0.2) is 18.3 Å². The van der Waals surface area contributed by atoms with E-state index in [0.717, 1.165) is 12.4 Å². The van der Waals surface area contributed by atoms with E-state index in [1.54, 1.807) is 25.4 Å². The van der Waals surface area contributed by atoms with Crippen molar-refractivity contribution in [2.24, 2.45) is 0 Å². The highest BCUT2D eigenvalue weighted by Crippen LogP contribution is 2.03. The van der Waals surface area contributed by atoms with Crippen molar-refractivity contribution in [3.05, 3.63) is 23.9 Å². The van der Waals surface area contributed by atoms with E-state index >= 15 is 0 Å². The summed E-state index contributed by atoms with van der Waals surface area (Å²) >= 11 is 0. The quantitative estimate of drug-likeness (QED) is 0.796. The Kier molecular flexibility index (Phi) is 5.58. The normalized spacial score (nSPS) is 10.8. The second kappa shape index (κ2) is 6.96. The summed E-state index contributed by atoms with van der Waals surface area (Å²) < 4.78 is 0. The molecule has 5 nitrogen and oxygen atoms in total. The van der Waals surface area contributed by atoms with Crippen molar-refractivity contribution in [1.82, 2.24) is 15.2 Å². The van der Waals surface area contributed by atoms with E-state index in [2.05, 4.69) is 34.4 Å². The zero-order valence-corrected chi connectivity index (χ0v) is 11.5. The molecule has 0 aliphatic rings. The number of hydrogen-bond donors (Lipinski definition) is 2. The van der Waals surface area contributed by atoms with Crippen LogP contribution in [-0.2, 0) is 0 Å². The number of carbonyl (C=O) groups excluding carboxylic acids is 1. The molecule has 0 aliphatic heterocycles. The van der Waals surface area contributed by atoms with Crippen LogP contribution >= 0.6 is 0 Å². The first-order chi connectivity index (χ1) is 8.54. The number of pyridine rings is 1. The lowest BCUT2D eigenvalue weighted by atomic mass is 10.2. The predicted molar refractivity (Wildman–Crippen MR) is 73.9 cm³/mol. The largest absolute Gasteiger partial charge is 0.373 e. The van der Waals surface area contributed by atoms with E-state index in [1.807, 2.05) is 7.05 Å². The molecular formula is C13H22N4O. The van der Waals surface area contributed by atoms with Crippen molar-refractivity contribution in [2.45, 2.75) is 19.9 Å². The lowest BCUT2D eigenvalue weighted by Gasteiger charge is -2.20. The lowest BCUT2D eigenvalue weighted by Crippen LogP contribution is -2.36. The summed E-state index contributed by atoms with van der Waals surface area (Å²) in [6, 6.07) is 4.04. The van der Waals surface area contributed by atoms with E-state index in [4.69, 9.17) is 0 Å². The maximum absolute atomic E-state index is 11.8.